The lowest BCUT2D eigenvalue weighted by molar-refractivity contribution is 0.669. The predicted molar refractivity (Wildman–Crippen MR) is 183 cm³/mol. The van der Waals surface area contributed by atoms with Crippen LogP contribution in [0.3, 0.4) is 0 Å². The summed E-state index contributed by atoms with van der Waals surface area (Å²) >= 11 is 0. The number of hydrogen-bond donors (Lipinski definition) is 0. The van der Waals surface area contributed by atoms with Gasteiger partial charge in [0.1, 0.15) is 11.2 Å². The quantitative estimate of drug-likeness (QED) is 0.199. The van der Waals surface area contributed by atoms with Crippen LogP contribution >= 0.6 is 0 Å². The molecule has 43 heavy (non-hydrogen) atoms. The summed E-state index contributed by atoms with van der Waals surface area (Å²) in [5.74, 6) is 0. The highest BCUT2D eigenvalue weighted by Gasteiger charge is 2.18. The standard InChI is InChI=1S/C42H26O/c1-2-10-27(11-3-1)30-20-22-33-34-23-21-32(26-40(34)43-39(33)25-30)42-37-16-8-6-14-35(37)41(36-15-7-9-17-38(36)42)31-19-18-28-12-4-5-13-29(28)24-31/h1-26H/i20D,21D,22D,23D,25D,26D. The van der Waals surface area contributed by atoms with E-state index in [0.717, 1.165) is 43.4 Å². The Morgan fingerprint density at radius 2 is 0.884 bits per heavy atom. The summed E-state index contributed by atoms with van der Waals surface area (Å²) in [5.41, 5.74) is 3.93. The van der Waals surface area contributed by atoms with E-state index in [2.05, 4.69) is 42.5 Å². The maximum atomic E-state index is 9.55. The van der Waals surface area contributed by atoms with Gasteiger partial charge in [0.15, 0.2) is 0 Å². The first kappa shape index (κ1) is 18.7. The van der Waals surface area contributed by atoms with Gasteiger partial charge in [0.2, 0.25) is 0 Å². The number of fused-ring (bicyclic) bond motifs is 6. The van der Waals surface area contributed by atoms with Gasteiger partial charge in [-0.1, -0.05) is 127 Å². The summed E-state index contributed by atoms with van der Waals surface area (Å²) in [6, 6.07) is 38.8. The van der Waals surface area contributed by atoms with Gasteiger partial charge in [-0.05, 0) is 95.9 Å². The van der Waals surface area contributed by atoms with E-state index in [0.29, 0.717) is 11.1 Å². The molecule has 0 aliphatic carbocycles. The summed E-state index contributed by atoms with van der Waals surface area (Å²) in [4.78, 5) is 0. The fourth-order valence-electron chi connectivity index (χ4n) is 6.31. The van der Waals surface area contributed by atoms with E-state index in [1.165, 1.54) is 0 Å². The van der Waals surface area contributed by atoms with Gasteiger partial charge in [0.25, 0.3) is 0 Å². The van der Waals surface area contributed by atoms with Gasteiger partial charge in [-0.25, -0.2) is 0 Å². The lowest BCUT2D eigenvalue weighted by atomic mass is 9.85. The van der Waals surface area contributed by atoms with Gasteiger partial charge < -0.3 is 4.42 Å². The molecule has 0 N–H and O–H groups in total. The van der Waals surface area contributed by atoms with Crippen molar-refractivity contribution in [3.63, 3.8) is 0 Å². The van der Waals surface area contributed by atoms with Crippen LogP contribution in [-0.4, -0.2) is 0 Å². The zero-order valence-electron chi connectivity index (χ0n) is 29.0. The Kier molecular flexibility index (Phi) is 4.11. The van der Waals surface area contributed by atoms with Crippen molar-refractivity contribution in [1.29, 1.82) is 0 Å². The highest BCUT2D eigenvalue weighted by Crippen LogP contribution is 2.45. The van der Waals surface area contributed by atoms with Crippen LogP contribution in [0.15, 0.2) is 162 Å². The first-order chi connectivity index (χ1) is 23.8. The highest BCUT2D eigenvalue weighted by molar-refractivity contribution is 6.22. The highest BCUT2D eigenvalue weighted by atomic mass is 16.3. The SMILES string of the molecule is [2H]c1c(-c2ccccc2)c([2H])c2oc3c([2H])c(-c4c5ccccc5c(-c5ccc6ccccc6c5)c5ccccc45)c([2H])c([2H])c3c2c1[2H]. The molecule has 0 amide bonds. The van der Waals surface area contributed by atoms with Crippen molar-refractivity contribution < 1.29 is 12.6 Å². The minimum absolute atomic E-state index is 0.0318. The molecule has 1 nitrogen and oxygen atoms in total. The molecular formula is C42H26O. The molecule has 0 bridgehead atoms. The monoisotopic (exact) mass is 552 g/mol. The Bertz CT molecular complexity index is 2780. The fraction of sp³-hybridized carbons (Fsp3) is 0. The van der Waals surface area contributed by atoms with Crippen molar-refractivity contribution in [2.24, 2.45) is 0 Å². The first-order valence-corrected chi connectivity index (χ1v) is 14.3. The molecule has 0 saturated heterocycles. The second-order valence-electron chi connectivity index (χ2n) is 10.8. The summed E-state index contributed by atoms with van der Waals surface area (Å²) in [5, 5.41) is 6.08. The molecule has 1 heterocycles. The molecule has 0 fully saturated rings. The van der Waals surface area contributed by atoms with Crippen LogP contribution in [0.5, 0.6) is 0 Å². The third kappa shape index (κ3) is 3.79. The van der Waals surface area contributed by atoms with E-state index in [4.69, 9.17) is 8.53 Å². The average molecular weight is 553 g/mol. The fourth-order valence-corrected chi connectivity index (χ4v) is 6.31. The summed E-state index contributed by atoms with van der Waals surface area (Å²) in [6.07, 6.45) is 0. The van der Waals surface area contributed by atoms with E-state index >= 15 is 0 Å². The Balaban J connectivity index is 1.39. The van der Waals surface area contributed by atoms with Crippen LogP contribution < -0.4 is 0 Å². The number of rotatable bonds is 3. The largest absolute Gasteiger partial charge is 0.456 e. The Labute approximate surface area is 257 Å². The van der Waals surface area contributed by atoms with Gasteiger partial charge in [-0.15, -0.1) is 0 Å². The third-order valence-corrected chi connectivity index (χ3v) is 8.29. The van der Waals surface area contributed by atoms with Crippen LogP contribution in [0.4, 0.5) is 0 Å². The summed E-state index contributed by atoms with van der Waals surface area (Å²) < 4.78 is 61.3. The number of hydrogen-bond acceptors (Lipinski definition) is 1. The van der Waals surface area contributed by atoms with Gasteiger partial charge in [0, 0.05) is 10.8 Å². The molecule has 9 rings (SSSR count). The van der Waals surface area contributed by atoms with E-state index in [-0.39, 0.29) is 69.3 Å². The smallest absolute Gasteiger partial charge is 0.136 e. The second kappa shape index (κ2) is 9.44. The number of furan rings is 1. The predicted octanol–water partition coefficient (Wildman–Crippen LogP) is 12.0. The Hall–Kier alpha value is -5.66. The van der Waals surface area contributed by atoms with Gasteiger partial charge >= 0.3 is 0 Å². The third-order valence-electron chi connectivity index (χ3n) is 8.29. The minimum atomic E-state index is -0.203. The van der Waals surface area contributed by atoms with E-state index in [9.17, 15) is 4.11 Å². The molecule has 0 saturated carbocycles. The van der Waals surface area contributed by atoms with Gasteiger partial charge in [-0.3, -0.25) is 0 Å². The second-order valence-corrected chi connectivity index (χ2v) is 10.8. The van der Waals surface area contributed by atoms with Crippen LogP contribution in [0.1, 0.15) is 8.22 Å². The lowest BCUT2D eigenvalue weighted by Gasteiger charge is -2.18. The topological polar surface area (TPSA) is 13.1 Å². The zero-order valence-corrected chi connectivity index (χ0v) is 23.0. The first-order valence-electron chi connectivity index (χ1n) is 17.3. The van der Waals surface area contributed by atoms with Crippen molar-refractivity contribution in [3.05, 3.63) is 158 Å². The molecule has 0 radical (unpaired) electrons. The van der Waals surface area contributed by atoms with Crippen LogP contribution in [0.25, 0.3) is 87.6 Å². The van der Waals surface area contributed by atoms with Gasteiger partial charge in [0.05, 0.1) is 8.22 Å². The summed E-state index contributed by atoms with van der Waals surface area (Å²) in [7, 11) is 0. The molecule has 1 aromatic heterocycles. The van der Waals surface area contributed by atoms with Crippen molar-refractivity contribution in [2.45, 2.75) is 0 Å². The lowest BCUT2D eigenvalue weighted by Crippen LogP contribution is -1.91. The molecule has 0 aliphatic rings. The maximum Gasteiger partial charge on any atom is 0.136 e. The zero-order chi connectivity index (χ0) is 33.6. The summed E-state index contributed by atoms with van der Waals surface area (Å²) in [6.45, 7) is 0. The molecule has 0 aliphatic heterocycles. The molecule has 9 aromatic rings. The molecule has 8 aromatic carbocycles. The Morgan fingerprint density at radius 3 is 1.53 bits per heavy atom. The van der Waals surface area contributed by atoms with Crippen LogP contribution in [-0.2, 0) is 0 Å². The minimum Gasteiger partial charge on any atom is -0.456 e. The molecule has 0 atom stereocenters. The van der Waals surface area contributed by atoms with E-state index < -0.39 is 0 Å². The van der Waals surface area contributed by atoms with Gasteiger partial charge in [-0.2, -0.15) is 0 Å². The molecule has 0 spiro atoms. The van der Waals surface area contributed by atoms with Crippen molar-refractivity contribution in [3.8, 4) is 33.4 Å². The molecule has 0 unspecified atom stereocenters. The Morgan fingerprint density at radius 1 is 0.372 bits per heavy atom. The van der Waals surface area contributed by atoms with Crippen molar-refractivity contribution in [2.75, 3.05) is 0 Å². The van der Waals surface area contributed by atoms with E-state index in [1.807, 2.05) is 66.7 Å². The average Bonchev–Trinajstić information content (AvgIpc) is 3.55. The van der Waals surface area contributed by atoms with Crippen molar-refractivity contribution in [1.82, 2.24) is 0 Å². The van der Waals surface area contributed by atoms with E-state index in [1.54, 1.807) is 12.1 Å². The molecule has 1 heteroatoms. The number of benzene rings is 8. The van der Waals surface area contributed by atoms with Crippen molar-refractivity contribution >= 4 is 54.3 Å². The molecular weight excluding hydrogens is 520 g/mol. The maximum absolute atomic E-state index is 9.55. The van der Waals surface area contributed by atoms with Crippen LogP contribution in [0, 0.1) is 0 Å². The molecule has 200 valence electrons. The normalized spacial score (nSPS) is 13.7. The van der Waals surface area contributed by atoms with Crippen LogP contribution in [0.2, 0.25) is 0 Å².